The minimum atomic E-state index is 0.0512. The van der Waals surface area contributed by atoms with Crippen molar-refractivity contribution in [2.75, 3.05) is 20.7 Å². The molecule has 2 aromatic rings. The molecule has 4 aliphatic rings. The topological polar surface area (TPSA) is 50.4 Å². The third kappa shape index (κ3) is 1.28. The van der Waals surface area contributed by atoms with Crippen LogP contribution < -0.4 is 9.47 Å². The molecule has 1 aromatic heterocycles. The number of aromatic nitrogens is 2. The van der Waals surface area contributed by atoms with Gasteiger partial charge in [-0.25, -0.2) is 0 Å². The Morgan fingerprint density at radius 3 is 3.12 bits per heavy atom. The van der Waals surface area contributed by atoms with Gasteiger partial charge in [-0.15, -0.1) is 0 Å². The van der Waals surface area contributed by atoms with E-state index in [0.29, 0.717) is 12.0 Å². The summed E-state index contributed by atoms with van der Waals surface area (Å²) in [5.41, 5.74) is 5.47. The van der Waals surface area contributed by atoms with Crippen LogP contribution in [0.2, 0.25) is 0 Å². The maximum atomic E-state index is 6.61. The molecule has 3 heterocycles. The number of benzene rings is 1. The molecule has 5 nitrogen and oxygen atoms in total. The number of fused-ring (bicyclic) bond motifs is 2. The third-order valence-electron chi connectivity index (χ3n) is 7.05. The van der Waals surface area contributed by atoms with Crippen LogP contribution in [0.4, 0.5) is 0 Å². The number of aromatic amines is 1. The lowest BCUT2D eigenvalue weighted by molar-refractivity contribution is -0.0256. The number of piperidine rings is 1. The van der Waals surface area contributed by atoms with E-state index in [1.54, 1.807) is 7.11 Å². The van der Waals surface area contributed by atoms with Crippen molar-refractivity contribution in [1.29, 1.82) is 0 Å². The standard InChI is InChI=1S/C19H21N3O2/c1-22-6-5-19-12-7-11-9-20-21-16(11)18(19)24-17-14(23-2)4-3-10(15(17)19)8-13(12)22/h3-4,9,12-13,18H,5-8H2,1-2H3,(H,20,21)/t12-,13-,18?,19-/m0/s1. The van der Waals surface area contributed by atoms with E-state index < -0.39 is 0 Å². The molecule has 1 spiro atoms. The Bertz CT molecular complexity index is 860. The second-order valence-corrected chi connectivity index (χ2v) is 7.79. The van der Waals surface area contributed by atoms with Gasteiger partial charge in [0.1, 0.15) is 0 Å². The molecule has 2 aliphatic heterocycles. The van der Waals surface area contributed by atoms with Gasteiger partial charge in [0.2, 0.25) is 0 Å². The van der Waals surface area contributed by atoms with Gasteiger partial charge in [0, 0.05) is 17.0 Å². The van der Waals surface area contributed by atoms with E-state index in [1.165, 1.54) is 22.4 Å². The number of ether oxygens (including phenoxy) is 2. The SMILES string of the molecule is COc1ccc2c3c1OC1c4[nH]ncc4C[C@H]4[C@H](C2)N(C)CC[C@]314. The predicted octanol–water partition coefficient (Wildman–Crippen LogP) is 2.22. The zero-order valence-corrected chi connectivity index (χ0v) is 14.0. The van der Waals surface area contributed by atoms with Gasteiger partial charge < -0.3 is 14.4 Å². The van der Waals surface area contributed by atoms with Crippen molar-refractivity contribution < 1.29 is 9.47 Å². The van der Waals surface area contributed by atoms with E-state index in [9.17, 15) is 0 Å². The first-order valence-electron chi connectivity index (χ1n) is 8.83. The van der Waals surface area contributed by atoms with Gasteiger partial charge in [-0.3, -0.25) is 5.10 Å². The van der Waals surface area contributed by atoms with Gasteiger partial charge in [-0.2, -0.15) is 5.10 Å². The summed E-state index contributed by atoms with van der Waals surface area (Å²) in [6.45, 7) is 1.13. The van der Waals surface area contributed by atoms with Crippen LogP contribution >= 0.6 is 0 Å². The summed E-state index contributed by atoms with van der Waals surface area (Å²) < 4.78 is 12.2. The fourth-order valence-corrected chi connectivity index (χ4v) is 6.02. The summed E-state index contributed by atoms with van der Waals surface area (Å²) in [5.74, 6) is 2.44. The number of likely N-dealkylation sites (tertiary alicyclic amines) is 1. The van der Waals surface area contributed by atoms with Crippen molar-refractivity contribution in [3.05, 3.63) is 40.7 Å². The number of rotatable bonds is 1. The maximum Gasteiger partial charge on any atom is 0.166 e. The van der Waals surface area contributed by atoms with E-state index >= 15 is 0 Å². The minimum Gasteiger partial charge on any atom is -0.493 e. The Kier molecular flexibility index (Phi) is 2.30. The molecule has 24 heavy (non-hydrogen) atoms. The molecule has 0 amide bonds. The van der Waals surface area contributed by atoms with E-state index in [1.807, 2.05) is 6.20 Å². The smallest absolute Gasteiger partial charge is 0.166 e. The molecule has 6 rings (SSSR count). The maximum absolute atomic E-state index is 6.61. The van der Waals surface area contributed by atoms with Gasteiger partial charge in [0.25, 0.3) is 0 Å². The summed E-state index contributed by atoms with van der Waals surface area (Å²) in [5, 5.41) is 7.58. The lowest BCUT2D eigenvalue weighted by Gasteiger charge is -2.57. The molecule has 0 radical (unpaired) electrons. The van der Waals surface area contributed by atoms with Crippen LogP contribution in [0, 0.1) is 5.92 Å². The van der Waals surface area contributed by atoms with Gasteiger partial charge in [-0.05, 0) is 56.0 Å². The highest BCUT2D eigenvalue weighted by Gasteiger charge is 2.65. The Hall–Kier alpha value is -2.01. The van der Waals surface area contributed by atoms with Crippen LogP contribution in [0.15, 0.2) is 18.3 Å². The number of methoxy groups -OCH3 is 1. The first-order chi connectivity index (χ1) is 11.7. The van der Waals surface area contributed by atoms with Crippen LogP contribution in [0.3, 0.4) is 0 Å². The summed E-state index contributed by atoms with van der Waals surface area (Å²) >= 11 is 0. The second kappa shape index (κ2) is 4.14. The molecule has 0 saturated carbocycles. The summed E-state index contributed by atoms with van der Waals surface area (Å²) in [6, 6.07) is 4.92. The zero-order valence-electron chi connectivity index (χ0n) is 14.0. The number of hydrogen-bond acceptors (Lipinski definition) is 4. The molecule has 2 bridgehead atoms. The molecule has 1 saturated heterocycles. The van der Waals surface area contributed by atoms with Crippen LogP contribution in [0.25, 0.3) is 0 Å². The van der Waals surface area contributed by atoms with Gasteiger partial charge >= 0.3 is 0 Å². The Morgan fingerprint density at radius 1 is 1.33 bits per heavy atom. The minimum absolute atomic E-state index is 0.0512. The number of nitrogens with zero attached hydrogens (tertiary/aromatic N) is 2. The lowest BCUT2D eigenvalue weighted by atomic mass is 9.52. The van der Waals surface area contributed by atoms with E-state index in [-0.39, 0.29) is 11.5 Å². The molecule has 5 heteroatoms. The van der Waals surface area contributed by atoms with E-state index in [0.717, 1.165) is 37.3 Å². The fourth-order valence-electron chi connectivity index (χ4n) is 6.02. The zero-order chi connectivity index (χ0) is 16.1. The quantitative estimate of drug-likeness (QED) is 0.874. The second-order valence-electron chi connectivity index (χ2n) is 7.79. The summed E-state index contributed by atoms with van der Waals surface area (Å²) in [7, 11) is 4.02. The lowest BCUT2D eigenvalue weighted by Crippen LogP contribution is -2.62. The van der Waals surface area contributed by atoms with Crippen molar-refractivity contribution in [2.45, 2.75) is 36.8 Å². The Labute approximate surface area is 140 Å². The van der Waals surface area contributed by atoms with Crippen molar-refractivity contribution in [3.63, 3.8) is 0 Å². The average molecular weight is 323 g/mol. The number of H-pyrrole nitrogens is 1. The molecule has 1 N–H and O–H groups in total. The Balaban J connectivity index is 1.69. The highest BCUT2D eigenvalue weighted by molar-refractivity contribution is 5.62. The van der Waals surface area contributed by atoms with Crippen molar-refractivity contribution in [1.82, 2.24) is 15.1 Å². The van der Waals surface area contributed by atoms with Crippen molar-refractivity contribution >= 4 is 0 Å². The number of nitrogens with one attached hydrogen (secondary N) is 1. The average Bonchev–Trinajstić information content (AvgIpc) is 3.18. The predicted molar refractivity (Wildman–Crippen MR) is 88.6 cm³/mol. The normalized spacial score (nSPS) is 35.2. The van der Waals surface area contributed by atoms with Crippen LogP contribution in [-0.2, 0) is 18.3 Å². The number of likely N-dealkylation sites (N-methyl/N-ethyl adjacent to an activating group) is 1. The third-order valence-corrected chi connectivity index (χ3v) is 7.05. The van der Waals surface area contributed by atoms with Gasteiger partial charge in [0.05, 0.1) is 19.0 Å². The van der Waals surface area contributed by atoms with Crippen LogP contribution in [0.5, 0.6) is 11.5 Å². The van der Waals surface area contributed by atoms with Crippen molar-refractivity contribution in [3.8, 4) is 11.5 Å². The first kappa shape index (κ1) is 13.3. The van der Waals surface area contributed by atoms with E-state index in [2.05, 4.69) is 34.3 Å². The van der Waals surface area contributed by atoms with Gasteiger partial charge in [-0.1, -0.05) is 6.07 Å². The highest BCUT2D eigenvalue weighted by atomic mass is 16.5. The highest BCUT2D eigenvalue weighted by Crippen LogP contribution is 2.66. The molecule has 2 aliphatic carbocycles. The largest absolute Gasteiger partial charge is 0.493 e. The molecule has 4 atom stereocenters. The molecule has 1 unspecified atom stereocenters. The Morgan fingerprint density at radius 2 is 2.25 bits per heavy atom. The van der Waals surface area contributed by atoms with E-state index in [4.69, 9.17) is 9.47 Å². The summed E-state index contributed by atoms with van der Waals surface area (Å²) in [4.78, 5) is 2.56. The first-order valence-corrected chi connectivity index (χ1v) is 8.83. The monoisotopic (exact) mass is 323 g/mol. The van der Waals surface area contributed by atoms with Crippen molar-refractivity contribution in [2.24, 2.45) is 5.92 Å². The summed E-state index contributed by atoms with van der Waals surface area (Å²) in [6.07, 6.45) is 5.39. The van der Waals surface area contributed by atoms with Gasteiger partial charge in [0.15, 0.2) is 17.6 Å². The molecule has 1 fully saturated rings. The molecule has 124 valence electrons. The molecular formula is C19H21N3O2. The molecular weight excluding hydrogens is 302 g/mol. The number of hydrogen-bond donors (Lipinski definition) is 1. The molecule has 1 aromatic carbocycles. The fraction of sp³-hybridized carbons (Fsp3) is 0.526. The van der Waals surface area contributed by atoms with Crippen LogP contribution in [0.1, 0.15) is 34.9 Å². The van der Waals surface area contributed by atoms with Crippen LogP contribution in [-0.4, -0.2) is 41.8 Å².